The van der Waals surface area contributed by atoms with E-state index in [0.717, 1.165) is 15.8 Å². The van der Waals surface area contributed by atoms with Gasteiger partial charge in [0.1, 0.15) is 12.1 Å². The average molecular weight is 477 g/mol. The van der Waals surface area contributed by atoms with Crippen molar-refractivity contribution in [2.24, 2.45) is 0 Å². The van der Waals surface area contributed by atoms with Crippen LogP contribution in [0.25, 0.3) is 17.0 Å². The predicted molar refractivity (Wildman–Crippen MR) is 128 cm³/mol. The fourth-order valence-electron chi connectivity index (χ4n) is 3.67. The van der Waals surface area contributed by atoms with Crippen LogP contribution in [0.15, 0.2) is 60.3 Å². The zero-order chi connectivity index (χ0) is 24.4. The molecule has 0 unspecified atom stereocenters. The molecule has 3 aromatic rings. The van der Waals surface area contributed by atoms with E-state index in [-0.39, 0.29) is 29.4 Å². The third-order valence-corrected chi connectivity index (χ3v) is 5.48. The molecule has 0 atom stereocenters. The Bertz CT molecular complexity index is 1370. The smallest absolute Gasteiger partial charge is 0.335 e. The normalized spacial score (nSPS) is 15.0. The summed E-state index contributed by atoms with van der Waals surface area (Å²) in [7, 11) is 0. The highest BCUT2D eigenvalue weighted by atomic mass is 32.1. The minimum atomic E-state index is -1.10. The van der Waals surface area contributed by atoms with Crippen LogP contribution >= 0.6 is 12.2 Å². The number of nitrogens with zero attached hydrogens (tertiary/aromatic N) is 2. The van der Waals surface area contributed by atoms with E-state index in [1.54, 1.807) is 17.7 Å². The van der Waals surface area contributed by atoms with Gasteiger partial charge >= 0.3 is 11.9 Å². The van der Waals surface area contributed by atoms with E-state index >= 15 is 0 Å². The topological polar surface area (TPSA) is 118 Å². The van der Waals surface area contributed by atoms with Crippen LogP contribution < -0.4 is 10.2 Å². The number of amides is 2. The molecule has 10 heteroatoms. The van der Waals surface area contributed by atoms with Crippen molar-refractivity contribution in [2.45, 2.75) is 13.5 Å². The molecule has 2 N–H and O–H groups in total. The van der Waals surface area contributed by atoms with Crippen molar-refractivity contribution in [3.8, 4) is 0 Å². The molecule has 9 nitrogen and oxygen atoms in total. The van der Waals surface area contributed by atoms with Gasteiger partial charge < -0.3 is 14.4 Å². The van der Waals surface area contributed by atoms with Crippen molar-refractivity contribution in [1.29, 1.82) is 0 Å². The number of rotatable bonds is 6. The Kier molecular flexibility index (Phi) is 6.24. The van der Waals surface area contributed by atoms with Crippen LogP contribution in [-0.4, -0.2) is 45.1 Å². The SMILES string of the molecule is CCOC(=O)Cn1cc(/C=C2\C(=O)NC(=S)N(c3ccc(C(=O)O)cc3)C2=O)c2ccccc21. The van der Waals surface area contributed by atoms with Crippen molar-refractivity contribution in [3.05, 3.63) is 71.4 Å². The maximum atomic E-state index is 13.3. The lowest BCUT2D eigenvalue weighted by molar-refractivity contribution is -0.143. The Morgan fingerprint density at radius 3 is 2.50 bits per heavy atom. The number of aromatic carboxylic acids is 1. The van der Waals surface area contributed by atoms with Gasteiger partial charge in [0.2, 0.25) is 0 Å². The van der Waals surface area contributed by atoms with Crippen LogP contribution in [0.5, 0.6) is 0 Å². The van der Waals surface area contributed by atoms with E-state index in [4.69, 9.17) is 22.1 Å². The van der Waals surface area contributed by atoms with E-state index in [1.165, 1.54) is 30.3 Å². The standard InChI is InChI=1S/C24H19N3O6S/c1-2-33-20(28)13-26-12-15(17-5-3-4-6-19(17)26)11-18-21(29)25-24(34)27(22(18)30)16-9-7-14(8-10-16)23(31)32/h3-12H,2,13H2,1H3,(H,31,32)(H,25,29,34)/b18-11+. The maximum Gasteiger partial charge on any atom is 0.335 e. The van der Waals surface area contributed by atoms with Gasteiger partial charge in [-0.15, -0.1) is 0 Å². The van der Waals surface area contributed by atoms with Crippen LogP contribution in [0, 0.1) is 0 Å². The molecule has 1 aromatic heterocycles. The van der Waals surface area contributed by atoms with Crippen molar-refractivity contribution in [3.63, 3.8) is 0 Å². The molecule has 2 aromatic carbocycles. The Morgan fingerprint density at radius 2 is 1.82 bits per heavy atom. The number of carbonyl (C=O) groups is 4. The summed E-state index contributed by atoms with van der Waals surface area (Å²) in [4.78, 5) is 50.2. The molecule has 1 aliphatic rings. The van der Waals surface area contributed by atoms with Gasteiger partial charge in [-0.1, -0.05) is 18.2 Å². The second-order valence-corrected chi connectivity index (χ2v) is 7.73. The molecule has 0 bridgehead atoms. The number of aromatic nitrogens is 1. The molecule has 0 saturated carbocycles. The summed E-state index contributed by atoms with van der Waals surface area (Å²) >= 11 is 5.19. The molecule has 1 saturated heterocycles. The quantitative estimate of drug-likeness (QED) is 0.243. The Hall–Kier alpha value is -4.31. The summed E-state index contributed by atoms with van der Waals surface area (Å²) < 4.78 is 6.73. The second kappa shape index (κ2) is 9.28. The summed E-state index contributed by atoms with van der Waals surface area (Å²) in [6.45, 7) is 1.96. The molecule has 2 amide bonds. The number of anilines is 1. The van der Waals surface area contributed by atoms with E-state index in [1.807, 2.05) is 24.3 Å². The number of nitrogens with one attached hydrogen (secondary N) is 1. The minimum Gasteiger partial charge on any atom is -0.478 e. The van der Waals surface area contributed by atoms with Crippen molar-refractivity contribution in [1.82, 2.24) is 9.88 Å². The number of hydrogen-bond acceptors (Lipinski definition) is 6. The van der Waals surface area contributed by atoms with Crippen LogP contribution in [0.4, 0.5) is 5.69 Å². The molecular formula is C24H19N3O6S. The van der Waals surface area contributed by atoms with Gasteiger partial charge in [-0.05, 0) is 55.5 Å². The number of fused-ring (bicyclic) bond motifs is 1. The van der Waals surface area contributed by atoms with Gasteiger partial charge in [0.15, 0.2) is 5.11 Å². The third kappa shape index (κ3) is 4.30. The first-order valence-electron chi connectivity index (χ1n) is 10.3. The molecule has 172 valence electrons. The number of ether oxygens (including phenoxy) is 1. The number of carboxylic acid groups (broad SMARTS) is 1. The second-order valence-electron chi connectivity index (χ2n) is 7.34. The number of para-hydroxylation sites is 1. The Labute approximate surface area is 199 Å². The summed E-state index contributed by atoms with van der Waals surface area (Å²) in [5.74, 6) is -2.82. The first kappa shape index (κ1) is 22.9. The fourth-order valence-corrected chi connectivity index (χ4v) is 3.95. The third-order valence-electron chi connectivity index (χ3n) is 5.20. The van der Waals surface area contributed by atoms with Gasteiger partial charge in [-0.3, -0.25) is 24.6 Å². The zero-order valence-electron chi connectivity index (χ0n) is 18.0. The highest BCUT2D eigenvalue weighted by molar-refractivity contribution is 7.80. The zero-order valence-corrected chi connectivity index (χ0v) is 18.8. The molecular weight excluding hydrogens is 458 g/mol. The van der Waals surface area contributed by atoms with Gasteiger partial charge in [-0.2, -0.15) is 0 Å². The first-order chi connectivity index (χ1) is 16.3. The van der Waals surface area contributed by atoms with E-state index in [2.05, 4.69) is 5.32 Å². The molecule has 1 fully saturated rings. The maximum absolute atomic E-state index is 13.3. The van der Waals surface area contributed by atoms with E-state index in [9.17, 15) is 19.2 Å². The summed E-state index contributed by atoms with van der Waals surface area (Å²) in [6, 6.07) is 12.8. The van der Waals surface area contributed by atoms with Crippen molar-refractivity contribution < 1.29 is 29.0 Å². The van der Waals surface area contributed by atoms with Crippen LogP contribution in [0.2, 0.25) is 0 Å². The van der Waals surface area contributed by atoms with Crippen LogP contribution in [0.1, 0.15) is 22.8 Å². The molecule has 0 aliphatic carbocycles. The number of carboxylic acids is 1. The van der Waals surface area contributed by atoms with Crippen LogP contribution in [-0.2, 0) is 25.7 Å². The largest absolute Gasteiger partial charge is 0.478 e. The minimum absolute atomic E-state index is 0.0240. The van der Waals surface area contributed by atoms with E-state index in [0.29, 0.717) is 11.3 Å². The van der Waals surface area contributed by atoms with Gasteiger partial charge in [0.05, 0.1) is 17.9 Å². The van der Waals surface area contributed by atoms with Gasteiger partial charge in [-0.25, -0.2) is 4.79 Å². The lowest BCUT2D eigenvalue weighted by Gasteiger charge is -2.28. The molecule has 34 heavy (non-hydrogen) atoms. The number of hydrogen-bond donors (Lipinski definition) is 2. The molecule has 0 radical (unpaired) electrons. The van der Waals surface area contributed by atoms with Crippen molar-refractivity contribution in [2.75, 3.05) is 11.5 Å². The van der Waals surface area contributed by atoms with Gasteiger partial charge in [0, 0.05) is 22.7 Å². The Balaban J connectivity index is 1.74. The number of benzene rings is 2. The number of esters is 1. The van der Waals surface area contributed by atoms with E-state index < -0.39 is 23.8 Å². The summed E-state index contributed by atoms with van der Waals surface area (Å²) in [5.41, 5.74) is 1.51. The predicted octanol–water partition coefficient (Wildman–Crippen LogP) is 2.73. The van der Waals surface area contributed by atoms with Gasteiger partial charge in [0.25, 0.3) is 11.8 Å². The lowest BCUT2D eigenvalue weighted by atomic mass is 10.1. The van der Waals surface area contributed by atoms with Crippen molar-refractivity contribution >= 4 is 63.7 Å². The lowest BCUT2D eigenvalue weighted by Crippen LogP contribution is -2.54. The first-order valence-corrected chi connectivity index (χ1v) is 10.7. The monoisotopic (exact) mass is 477 g/mol. The summed E-state index contributed by atoms with van der Waals surface area (Å²) in [6.07, 6.45) is 3.12. The average Bonchev–Trinajstić information content (AvgIpc) is 3.14. The van der Waals surface area contributed by atoms with Crippen LogP contribution in [0.3, 0.4) is 0 Å². The number of thiocarbonyl (C=S) groups is 1. The Morgan fingerprint density at radius 1 is 1.12 bits per heavy atom. The highest BCUT2D eigenvalue weighted by Gasteiger charge is 2.34. The molecule has 4 rings (SSSR count). The molecule has 0 spiro atoms. The number of carbonyl (C=O) groups excluding carboxylic acids is 3. The molecule has 1 aliphatic heterocycles. The fraction of sp³-hybridized carbons (Fsp3) is 0.125. The highest BCUT2D eigenvalue weighted by Crippen LogP contribution is 2.27. The summed E-state index contributed by atoms with van der Waals surface area (Å²) in [5, 5.41) is 12.2. The molecule has 2 heterocycles.